The van der Waals surface area contributed by atoms with Crippen molar-refractivity contribution in [1.29, 1.82) is 0 Å². The fraction of sp³-hybridized carbons (Fsp3) is 0.781. The molecule has 1 aliphatic heterocycles. The Morgan fingerprint density at radius 1 is 0.976 bits per heavy atom. The maximum atomic E-state index is 13.3. The number of unbranched alkanes of at least 4 members (excludes halogenated alkanes) is 8. The normalized spacial score (nSPS) is 22.5. The molecule has 0 saturated carbocycles. The number of likely N-dealkylation sites (N-methyl/N-ethyl adjacent to an activating group) is 1. The summed E-state index contributed by atoms with van der Waals surface area (Å²) in [6.45, 7) is 7.98. The van der Waals surface area contributed by atoms with Gasteiger partial charge < -0.3 is 25.0 Å². The van der Waals surface area contributed by atoms with Crippen LogP contribution in [0.4, 0.5) is 0 Å². The van der Waals surface area contributed by atoms with E-state index in [0.29, 0.717) is 0 Å². The fourth-order valence-corrected chi connectivity index (χ4v) is 5.08. The predicted molar refractivity (Wildman–Crippen MR) is 162 cm³/mol. The van der Waals surface area contributed by atoms with Crippen molar-refractivity contribution in [2.24, 2.45) is 17.8 Å². The molecule has 1 aliphatic rings. The number of esters is 2. The summed E-state index contributed by atoms with van der Waals surface area (Å²) in [7, 11) is 2.62. The fourth-order valence-electron chi connectivity index (χ4n) is 5.08. The molecule has 0 aromatic heterocycles. The summed E-state index contributed by atoms with van der Waals surface area (Å²) in [5, 5.41) is 5.27. The molecule has 0 fully saturated rings. The van der Waals surface area contributed by atoms with Gasteiger partial charge in [0, 0.05) is 19.7 Å². The van der Waals surface area contributed by atoms with E-state index in [2.05, 4.69) is 24.5 Å². The molecule has 0 aromatic rings. The zero-order valence-corrected chi connectivity index (χ0v) is 26.7. The Bertz CT molecular complexity index is 889. The van der Waals surface area contributed by atoms with Crippen molar-refractivity contribution in [1.82, 2.24) is 15.5 Å². The molecule has 1 heterocycles. The molecule has 2 N–H and O–H groups in total. The van der Waals surface area contributed by atoms with E-state index in [9.17, 15) is 24.0 Å². The van der Waals surface area contributed by atoms with E-state index < -0.39 is 48.2 Å². The van der Waals surface area contributed by atoms with Crippen LogP contribution in [0.3, 0.4) is 0 Å². The van der Waals surface area contributed by atoms with Crippen molar-refractivity contribution >= 4 is 29.7 Å². The molecule has 1 rings (SSSR count). The number of methoxy groups -OCH3 is 1. The zero-order valence-electron chi connectivity index (χ0n) is 26.7. The third-order valence-electron chi connectivity index (χ3n) is 7.79. The number of carbonyl (C=O) groups excluding carboxylic acids is 5. The first kappa shape index (κ1) is 37.1. The van der Waals surface area contributed by atoms with Crippen LogP contribution in [-0.2, 0) is 33.4 Å². The Morgan fingerprint density at radius 2 is 1.55 bits per heavy atom. The second-order valence-electron chi connectivity index (χ2n) is 12.1. The smallest absolute Gasteiger partial charge is 0.329 e. The van der Waals surface area contributed by atoms with Gasteiger partial charge in [0.25, 0.3) is 0 Å². The predicted octanol–water partition coefficient (Wildman–Crippen LogP) is 4.31. The Hall–Kier alpha value is -2.91. The Labute approximate surface area is 252 Å². The first-order valence-electron chi connectivity index (χ1n) is 15.7. The van der Waals surface area contributed by atoms with Crippen molar-refractivity contribution in [3.63, 3.8) is 0 Å². The summed E-state index contributed by atoms with van der Waals surface area (Å²) in [4.78, 5) is 64.3. The molecule has 3 amide bonds. The van der Waals surface area contributed by atoms with Gasteiger partial charge in [-0.15, -0.1) is 0 Å². The summed E-state index contributed by atoms with van der Waals surface area (Å²) in [6.07, 6.45) is 14.5. The quantitative estimate of drug-likeness (QED) is 0.214. The summed E-state index contributed by atoms with van der Waals surface area (Å²) in [5.41, 5.74) is 0. The SMILES string of the molecule is COC(=O)C[C@@H]1NC(=O)CN(C)C(=O)/C=C/CNC(=O)[C@@H](C)[C@H]([C@H](C)CCCCCCCCCCCC(C)C)OC1=O. The van der Waals surface area contributed by atoms with Gasteiger partial charge in [-0.3, -0.25) is 19.2 Å². The molecule has 10 nitrogen and oxygen atoms in total. The van der Waals surface area contributed by atoms with Gasteiger partial charge in [0.1, 0.15) is 12.1 Å². The van der Waals surface area contributed by atoms with E-state index >= 15 is 0 Å². The van der Waals surface area contributed by atoms with E-state index in [0.717, 1.165) is 36.5 Å². The highest BCUT2D eigenvalue weighted by atomic mass is 16.5. The second-order valence-corrected chi connectivity index (χ2v) is 12.1. The summed E-state index contributed by atoms with van der Waals surface area (Å²) in [6, 6.07) is -1.32. The number of nitrogens with zero attached hydrogens (tertiary/aromatic N) is 1. The van der Waals surface area contributed by atoms with Crippen molar-refractivity contribution in [2.45, 2.75) is 117 Å². The van der Waals surface area contributed by atoms with Crippen molar-refractivity contribution in [2.75, 3.05) is 27.2 Å². The minimum Gasteiger partial charge on any atom is -0.469 e. The third-order valence-corrected chi connectivity index (χ3v) is 7.79. The first-order chi connectivity index (χ1) is 20.0. The van der Waals surface area contributed by atoms with Crippen LogP contribution in [-0.4, -0.2) is 74.0 Å². The molecule has 0 aliphatic carbocycles. The lowest BCUT2D eigenvalue weighted by molar-refractivity contribution is -0.163. The summed E-state index contributed by atoms with van der Waals surface area (Å²) >= 11 is 0. The molecule has 0 spiro atoms. The van der Waals surface area contributed by atoms with E-state index in [-0.39, 0.29) is 24.9 Å². The van der Waals surface area contributed by atoms with Gasteiger partial charge >= 0.3 is 11.9 Å². The van der Waals surface area contributed by atoms with E-state index in [1.54, 1.807) is 6.92 Å². The molecule has 0 saturated heterocycles. The van der Waals surface area contributed by atoms with E-state index in [1.165, 1.54) is 71.3 Å². The van der Waals surface area contributed by atoms with Gasteiger partial charge in [-0.25, -0.2) is 4.79 Å². The lowest BCUT2D eigenvalue weighted by Crippen LogP contribution is -2.49. The van der Waals surface area contributed by atoms with Gasteiger partial charge in [0.2, 0.25) is 17.7 Å². The monoisotopic (exact) mass is 593 g/mol. The number of cyclic esters (lactones) is 1. The summed E-state index contributed by atoms with van der Waals surface area (Å²) in [5.74, 6) is -2.94. The highest BCUT2D eigenvalue weighted by Crippen LogP contribution is 2.24. The number of rotatable bonds is 15. The highest BCUT2D eigenvalue weighted by molar-refractivity contribution is 5.93. The number of nitrogens with one attached hydrogen (secondary N) is 2. The number of hydrogen-bond acceptors (Lipinski definition) is 7. The average Bonchev–Trinajstić information content (AvgIpc) is 2.94. The molecule has 240 valence electrons. The lowest BCUT2D eigenvalue weighted by Gasteiger charge is -2.30. The Balaban J connectivity index is 2.81. The molecule has 0 unspecified atom stereocenters. The molecular formula is C32H55N3O7. The summed E-state index contributed by atoms with van der Waals surface area (Å²) < 4.78 is 10.6. The van der Waals surface area contributed by atoms with Gasteiger partial charge in [-0.2, -0.15) is 0 Å². The first-order valence-corrected chi connectivity index (χ1v) is 15.7. The maximum Gasteiger partial charge on any atom is 0.329 e. The van der Waals surface area contributed by atoms with Crippen molar-refractivity contribution < 1.29 is 33.4 Å². The molecule has 0 aromatic carbocycles. The molecule has 42 heavy (non-hydrogen) atoms. The van der Waals surface area contributed by atoms with Gasteiger partial charge in [0.05, 0.1) is 26.0 Å². The van der Waals surface area contributed by atoms with Crippen LogP contribution in [0, 0.1) is 17.8 Å². The average molecular weight is 594 g/mol. The molecule has 0 bridgehead atoms. The maximum absolute atomic E-state index is 13.3. The minimum atomic E-state index is -1.32. The zero-order chi connectivity index (χ0) is 31.5. The topological polar surface area (TPSA) is 131 Å². The standard InChI is InChI=1S/C32H55N3O7/c1-23(2)17-14-12-10-8-7-9-11-13-15-18-24(3)30-25(4)31(39)33-20-16-19-28(37)35(5)22-27(36)34-26(32(40)42-30)21-29(38)41-6/h16,19,23-26,30H,7-15,17-18,20-22H2,1-6H3,(H,33,39)(H,34,36)/b19-16+/t24-,25+,26+,30+/m1/s1. The second kappa shape index (κ2) is 20.9. The van der Waals surface area contributed by atoms with Crippen LogP contribution in [0.15, 0.2) is 12.2 Å². The lowest BCUT2D eigenvalue weighted by atomic mass is 9.88. The number of hydrogen-bond donors (Lipinski definition) is 2. The Kier molecular flexibility index (Phi) is 18.5. The molecule has 10 heteroatoms. The minimum absolute atomic E-state index is 0.118. The molecule has 0 radical (unpaired) electrons. The Morgan fingerprint density at radius 3 is 2.12 bits per heavy atom. The molecular weight excluding hydrogens is 538 g/mol. The van der Waals surface area contributed by atoms with Gasteiger partial charge in [-0.05, 0) is 18.3 Å². The van der Waals surface area contributed by atoms with Crippen LogP contribution in [0.1, 0.15) is 105 Å². The number of ether oxygens (including phenoxy) is 2. The van der Waals surface area contributed by atoms with Crippen LogP contribution in [0.2, 0.25) is 0 Å². The van der Waals surface area contributed by atoms with E-state index in [1.807, 2.05) is 6.92 Å². The largest absolute Gasteiger partial charge is 0.469 e. The molecule has 4 atom stereocenters. The highest BCUT2D eigenvalue weighted by Gasteiger charge is 2.35. The van der Waals surface area contributed by atoms with Gasteiger partial charge in [-0.1, -0.05) is 98.0 Å². The number of carbonyl (C=O) groups is 5. The van der Waals surface area contributed by atoms with Crippen molar-refractivity contribution in [3.8, 4) is 0 Å². The van der Waals surface area contributed by atoms with Gasteiger partial charge in [0.15, 0.2) is 0 Å². The third kappa shape index (κ3) is 15.4. The van der Waals surface area contributed by atoms with Crippen LogP contribution >= 0.6 is 0 Å². The van der Waals surface area contributed by atoms with E-state index in [4.69, 9.17) is 9.47 Å². The van der Waals surface area contributed by atoms with Crippen LogP contribution in [0.25, 0.3) is 0 Å². The van der Waals surface area contributed by atoms with Crippen molar-refractivity contribution in [3.05, 3.63) is 12.2 Å². The van der Waals surface area contributed by atoms with Crippen LogP contribution < -0.4 is 10.6 Å². The number of amides is 3. The van der Waals surface area contributed by atoms with Crippen LogP contribution in [0.5, 0.6) is 0 Å².